The van der Waals surface area contributed by atoms with E-state index in [2.05, 4.69) is 26.0 Å². The number of carbonyl (C=O) groups is 2. The predicted octanol–water partition coefficient (Wildman–Crippen LogP) is 4.64. The van der Waals surface area contributed by atoms with Crippen LogP contribution in [0.4, 0.5) is 10.5 Å². The van der Waals surface area contributed by atoms with Crippen LogP contribution in [0.3, 0.4) is 0 Å². The van der Waals surface area contributed by atoms with E-state index in [1.807, 2.05) is 30.3 Å². The third-order valence-electron chi connectivity index (χ3n) is 2.89. The maximum atomic E-state index is 11.9. The van der Waals surface area contributed by atoms with Gasteiger partial charge in [-0.2, -0.15) is 0 Å². The zero-order chi connectivity index (χ0) is 16.8. The Morgan fingerprint density at radius 3 is 2.57 bits per heavy atom. The summed E-state index contributed by atoms with van der Waals surface area (Å²) in [6.45, 7) is 0.127. The maximum absolute atomic E-state index is 11.9. The van der Waals surface area contributed by atoms with Gasteiger partial charge in [0.2, 0.25) is 0 Å². The quantitative estimate of drug-likeness (QED) is 0.762. The number of carbonyl (C=O) groups excluding carboxylic acids is 2. The number of halogens is 2. The molecule has 0 aromatic heterocycles. The Morgan fingerprint density at radius 2 is 1.91 bits per heavy atom. The van der Waals surface area contributed by atoms with E-state index in [1.54, 1.807) is 6.07 Å². The van der Waals surface area contributed by atoms with E-state index >= 15 is 0 Å². The third kappa shape index (κ3) is 4.71. The van der Waals surface area contributed by atoms with E-state index in [0.29, 0.717) is 4.47 Å². The molecule has 120 valence electrons. The lowest BCUT2D eigenvalue weighted by molar-refractivity contribution is 0.0601. The third-order valence-corrected chi connectivity index (χ3v) is 3.76. The Balaban J connectivity index is 2.08. The molecule has 0 heterocycles. The van der Waals surface area contributed by atoms with E-state index in [-0.39, 0.29) is 22.9 Å². The Bertz CT molecular complexity index is 722. The first kappa shape index (κ1) is 17.3. The topological polar surface area (TPSA) is 64.6 Å². The van der Waals surface area contributed by atoms with Crippen molar-refractivity contribution in [2.45, 2.75) is 6.61 Å². The zero-order valence-corrected chi connectivity index (χ0v) is 14.5. The van der Waals surface area contributed by atoms with E-state index in [1.165, 1.54) is 13.2 Å². The second-order valence-corrected chi connectivity index (χ2v) is 5.79. The van der Waals surface area contributed by atoms with Gasteiger partial charge in [-0.1, -0.05) is 57.9 Å². The average molecular weight is 399 g/mol. The van der Waals surface area contributed by atoms with Crippen molar-refractivity contribution in [3.05, 3.63) is 63.1 Å². The van der Waals surface area contributed by atoms with Crippen LogP contribution in [0.5, 0.6) is 0 Å². The van der Waals surface area contributed by atoms with Crippen LogP contribution in [0, 0.1) is 0 Å². The molecular weight excluding hydrogens is 386 g/mol. The van der Waals surface area contributed by atoms with Crippen LogP contribution in [0.25, 0.3) is 0 Å². The van der Waals surface area contributed by atoms with Gasteiger partial charge in [-0.25, -0.2) is 9.59 Å². The van der Waals surface area contributed by atoms with Crippen molar-refractivity contribution >= 4 is 45.3 Å². The Morgan fingerprint density at radius 1 is 1.22 bits per heavy atom. The zero-order valence-electron chi connectivity index (χ0n) is 12.1. The summed E-state index contributed by atoms with van der Waals surface area (Å²) >= 11 is 9.38. The molecule has 2 aromatic carbocycles. The molecule has 0 unspecified atom stereocenters. The van der Waals surface area contributed by atoms with Gasteiger partial charge in [0.25, 0.3) is 0 Å². The maximum Gasteiger partial charge on any atom is 0.412 e. The number of rotatable bonds is 4. The molecule has 0 aliphatic heterocycles. The Hall–Kier alpha value is -2.05. The van der Waals surface area contributed by atoms with Crippen LogP contribution in [-0.2, 0) is 16.1 Å². The van der Waals surface area contributed by atoms with Crippen LogP contribution in [0.2, 0.25) is 5.02 Å². The van der Waals surface area contributed by atoms with Crippen molar-refractivity contribution in [2.75, 3.05) is 12.4 Å². The van der Waals surface area contributed by atoms with Gasteiger partial charge in [-0.05, 0) is 17.7 Å². The molecule has 23 heavy (non-hydrogen) atoms. The van der Waals surface area contributed by atoms with Gasteiger partial charge >= 0.3 is 12.1 Å². The van der Waals surface area contributed by atoms with Crippen LogP contribution in [0.1, 0.15) is 15.9 Å². The van der Waals surface area contributed by atoms with Crippen LogP contribution in [0.15, 0.2) is 46.9 Å². The molecule has 0 radical (unpaired) electrons. The smallest absolute Gasteiger partial charge is 0.412 e. The second kappa shape index (κ2) is 7.99. The summed E-state index contributed by atoms with van der Waals surface area (Å²) in [5, 5.41) is 2.59. The van der Waals surface area contributed by atoms with E-state index in [9.17, 15) is 9.59 Å². The number of amides is 1. The SMILES string of the molecule is COC(=O)c1cc(Br)cc(NC(=O)OCc2ccccc2)c1Cl. The van der Waals surface area contributed by atoms with Crippen molar-refractivity contribution in [3.8, 4) is 0 Å². The fourth-order valence-corrected chi connectivity index (χ4v) is 2.50. The molecule has 0 atom stereocenters. The highest BCUT2D eigenvalue weighted by molar-refractivity contribution is 9.10. The fourth-order valence-electron chi connectivity index (χ4n) is 1.81. The number of esters is 1. The number of methoxy groups -OCH3 is 1. The first-order chi connectivity index (χ1) is 11.0. The number of benzene rings is 2. The van der Waals surface area contributed by atoms with E-state index < -0.39 is 12.1 Å². The summed E-state index contributed by atoms with van der Waals surface area (Å²) in [5.74, 6) is -0.600. The molecule has 0 saturated heterocycles. The lowest BCUT2D eigenvalue weighted by atomic mass is 10.2. The summed E-state index contributed by atoms with van der Waals surface area (Å²) < 4.78 is 10.3. The highest BCUT2D eigenvalue weighted by Gasteiger charge is 2.17. The summed E-state index contributed by atoms with van der Waals surface area (Å²) in [4.78, 5) is 23.5. The second-order valence-electron chi connectivity index (χ2n) is 4.49. The molecule has 0 aliphatic carbocycles. The van der Waals surface area contributed by atoms with Crippen LogP contribution in [-0.4, -0.2) is 19.2 Å². The number of anilines is 1. The largest absolute Gasteiger partial charge is 0.465 e. The lowest BCUT2D eigenvalue weighted by Crippen LogP contribution is -2.15. The number of hydrogen-bond donors (Lipinski definition) is 1. The highest BCUT2D eigenvalue weighted by atomic mass is 79.9. The molecule has 2 aromatic rings. The van der Waals surface area contributed by atoms with Gasteiger partial charge in [0.15, 0.2) is 0 Å². The molecule has 0 fully saturated rings. The van der Waals surface area contributed by atoms with Gasteiger partial charge in [0, 0.05) is 4.47 Å². The van der Waals surface area contributed by atoms with Crippen molar-refractivity contribution in [1.29, 1.82) is 0 Å². The Kier molecular flexibility index (Phi) is 6.01. The van der Waals surface area contributed by atoms with E-state index in [4.69, 9.17) is 16.3 Å². The van der Waals surface area contributed by atoms with Gasteiger partial charge in [-0.3, -0.25) is 5.32 Å². The standard InChI is InChI=1S/C16H13BrClNO4/c1-22-15(20)12-7-11(17)8-13(14(12)18)19-16(21)23-9-10-5-3-2-4-6-10/h2-8H,9H2,1H3,(H,19,21). The molecule has 5 nitrogen and oxygen atoms in total. The van der Waals surface area contributed by atoms with Crippen LogP contribution < -0.4 is 5.32 Å². The molecule has 1 amide bonds. The molecule has 1 N–H and O–H groups in total. The molecule has 2 rings (SSSR count). The minimum Gasteiger partial charge on any atom is -0.465 e. The van der Waals surface area contributed by atoms with Gasteiger partial charge in [0.1, 0.15) is 6.61 Å². The molecular formula is C16H13BrClNO4. The fraction of sp³-hybridized carbons (Fsp3) is 0.125. The number of hydrogen-bond acceptors (Lipinski definition) is 4. The normalized spacial score (nSPS) is 10.0. The number of nitrogens with one attached hydrogen (secondary N) is 1. The first-order valence-electron chi connectivity index (χ1n) is 6.56. The summed E-state index contributed by atoms with van der Waals surface area (Å²) in [6, 6.07) is 12.3. The Labute approximate surface area is 146 Å². The molecule has 0 aliphatic rings. The summed E-state index contributed by atoms with van der Waals surface area (Å²) in [5.41, 5.74) is 1.25. The minimum absolute atomic E-state index is 0.0803. The summed E-state index contributed by atoms with van der Waals surface area (Å²) in [6.07, 6.45) is -0.676. The van der Waals surface area contributed by atoms with Crippen molar-refractivity contribution in [1.82, 2.24) is 0 Å². The molecule has 0 bridgehead atoms. The highest BCUT2D eigenvalue weighted by Crippen LogP contribution is 2.31. The minimum atomic E-state index is -0.676. The molecule has 0 saturated carbocycles. The van der Waals surface area contributed by atoms with Crippen molar-refractivity contribution < 1.29 is 19.1 Å². The van der Waals surface area contributed by atoms with Gasteiger partial charge in [0.05, 0.1) is 23.4 Å². The first-order valence-corrected chi connectivity index (χ1v) is 7.73. The van der Waals surface area contributed by atoms with Gasteiger partial charge in [-0.15, -0.1) is 0 Å². The van der Waals surface area contributed by atoms with E-state index in [0.717, 1.165) is 5.56 Å². The number of ether oxygens (including phenoxy) is 2. The molecule has 7 heteroatoms. The summed E-state index contributed by atoms with van der Waals surface area (Å²) in [7, 11) is 1.25. The van der Waals surface area contributed by atoms with Crippen LogP contribution >= 0.6 is 27.5 Å². The monoisotopic (exact) mass is 397 g/mol. The van der Waals surface area contributed by atoms with Gasteiger partial charge < -0.3 is 9.47 Å². The molecule has 0 spiro atoms. The lowest BCUT2D eigenvalue weighted by Gasteiger charge is -2.11. The van der Waals surface area contributed by atoms with Crippen molar-refractivity contribution in [2.24, 2.45) is 0 Å². The van der Waals surface area contributed by atoms with Crippen molar-refractivity contribution in [3.63, 3.8) is 0 Å². The average Bonchev–Trinajstić information content (AvgIpc) is 2.56. The predicted molar refractivity (Wildman–Crippen MR) is 90.7 cm³/mol.